The lowest BCUT2D eigenvalue weighted by Crippen LogP contribution is -2.46. The van der Waals surface area contributed by atoms with E-state index in [9.17, 15) is 0 Å². The number of rotatable bonds is 10. The van der Waals surface area contributed by atoms with Crippen LogP contribution in [-0.2, 0) is 21.8 Å². The minimum atomic E-state index is 0.406. The molecule has 1 heterocycles. The lowest BCUT2D eigenvalue weighted by molar-refractivity contribution is 0.0391. The van der Waals surface area contributed by atoms with Crippen LogP contribution in [0.2, 0.25) is 0 Å². The van der Waals surface area contributed by atoms with Crippen molar-refractivity contribution in [3.63, 3.8) is 0 Å². The Morgan fingerprint density at radius 2 is 1.56 bits per heavy atom. The maximum Gasteiger partial charge on any atom is 0.107 e. The number of piperazine rings is 1. The van der Waals surface area contributed by atoms with E-state index in [1.54, 1.807) is 0 Å². The fraction of sp³-hybridized carbons (Fsp3) is 0.636. The van der Waals surface area contributed by atoms with Gasteiger partial charge in [-0.2, -0.15) is 12.6 Å². The molecule has 0 unspecified atom stereocenters. The number of ether oxygens (including phenoxy) is 2. The summed E-state index contributed by atoms with van der Waals surface area (Å²) in [4.78, 5) is 5.01. The summed E-state index contributed by atoms with van der Waals surface area (Å²) in [5.41, 5.74) is 2.66. The van der Waals surface area contributed by atoms with Gasteiger partial charge in [0.1, 0.15) is 6.61 Å². The lowest BCUT2D eigenvalue weighted by Gasteiger charge is -2.34. The highest BCUT2D eigenvalue weighted by Crippen LogP contribution is 2.11. The van der Waals surface area contributed by atoms with E-state index in [4.69, 9.17) is 9.47 Å². The second-order valence-electron chi connectivity index (χ2n) is 7.23. The van der Waals surface area contributed by atoms with Crippen molar-refractivity contribution in [3.05, 3.63) is 35.4 Å². The zero-order valence-corrected chi connectivity index (χ0v) is 17.7. The van der Waals surface area contributed by atoms with E-state index in [0.717, 1.165) is 51.6 Å². The van der Waals surface area contributed by atoms with Gasteiger partial charge in [0.25, 0.3) is 0 Å². The van der Waals surface area contributed by atoms with Crippen molar-refractivity contribution >= 4 is 12.6 Å². The Bertz CT molecular complexity index is 572. The fourth-order valence-electron chi connectivity index (χ4n) is 2.96. The first-order valence-electron chi connectivity index (χ1n) is 9.94. The third kappa shape index (κ3) is 9.64. The van der Waals surface area contributed by atoms with E-state index in [2.05, 4.69) is 72.4 Å². The number of thiol groups is 1. The Morgan fingerprint density at radius 1 is 0.926 bits per heavy atom. The van der Waals surface area contributed by atoms with E-state index in [1.807, 2.05) is 0 Å². The Balaban J connectivity index is 1.49. The summed E-state index contributed by atoms with van der Waals surface area (Å²) in [7, 11) is 0. The van der Waals surface area contributed by atoms with Crippen molar-refractivity contribution in [2.45, 2.75) is 26.1 Å². The van der Waals surface area contributed by atoms with Crippen molar-refractivity contribution < 1.29 is 9.47 Å². The van der Waals surface area contributed by atoms with Crippen LogP contribution in [0.15, 0.2) is 24.3 Å². The zero-order chi connectivity index (χ0) is 19.3. The molecule has 4 nitrogen and oxygen atoms in total. The molecule has 0 atom stereocenters. The molecule has 0 spiro atoms. The molecule has 0 saturated carbocycles. The Labute approximate surface area is 170 Å². The molecule has 1 aromatic carbocycles. The summed E-state index contributed by atoms with van der Waals surface area (Å²) in [5.74, 6) is 7.31. The van der Waals surface area contributed by atoms with Crippen LogP contribution in [0.25, 0.3) is 0 Å². The molecule has 0 aliphatic carbocycles. The molecule has 27 heavy (non-hydrogen) atoms. The molecule has 150 valence electrons. The second-order valence-corrected chi connectivity index (χ2v) is 7.55. The first kappa shape index (κ1) is 22.3. The highest BCUT2D eigenvalue weighted by molar-refractivity contribution is 7.79. The van der Waals surface area contributed by atoms with Gasteiger partial charge in [-0.3, -0.25) is 9.80 Å². The molecule has 1 aliphatic rings. The zero-order valence-electron chi connectivity index (χ0n) is 16.8. The molecule has 0 radical (unpaired) electrons. The Kier molecular flexibility index (Phi) is 10.9. The van der Waals surface area contributed by atoms with Gasteiger partial charge in [-0.25, -0.2) is 0 Å². The smallest absolute Gasteiger partial charge is 0.107 e. The average molecular weight is 391 g/mol. The highest BCUT2D eigenvalue weighted by Gasteiger charge is 2.16. The number of benzene rings is 1. The van der Waals surface area contributed by atoms with Crippen molar-refractivity contribution in [3.8, 4) is 11.8 Å². The van der Waals surface area contributed by atoms with Crippen molar-refractivity contribution in [2.75, 3.05) is 59.2 Å². The first-order chi connectivity index (χ1) is 13.2. The number of hydrogen-bond acceptors (Lipinski definition) is 5. The molecule has 1 aliphatic heterocycles. The van der Waals surface area contributed by atoms with Crippen LogP contribution in [0.4, 0.5) is 0 Å². The van der Waals surface area contributed by atoms with Gasteiger partial charge < -0.3 is 9.47 Å². The summed E-state index contributed by atoms with van der Waals surface area (Å²) in [6, 6.07) is 8.80. The topological polar surface area (TPSA) is 24.9 Å². The van der Waals surface area contributed by atoms with Gasteiger partial charge in [0.05, 0.1) is 19.8 Å². The SMILES string of the molecule is CC(C)C#CCOCCOCCN1CCN(Cc2ccc(CS)cc2)CC1. The largest absolute Gasteiger partial charge is 0.378 e. The van der Waals surface area contributed by atoms with Crippen LogP contribution in [-0.4, -0.2) is 69.0 Å². The molecule has 1 aromatic rings. The quantitative estimate of drug-likeness (QED) is 0.377. The normalized spacial score (nSPS) is 15.7. The summed E-state index contributed by atoms with van der Waals surface area (Å²) in [5, 5.41) is 0. The molecule has 2 rings (SSSR count). The molecule has 0 bridgehead atoms. The maximum atomic E-state index is 5.67. The van der Waals surface area contributed by atoms with Crippen LogP contribution in [0, 0.1) is 17.8 Å². The summed E-state index contributed by atoms with van der Waals surface area (Å²) < 4.78 is 11.1. The van der Waals surface area contributed by atoms with Gasteiger partial charge in [0, 0.05) is 50.9 Å². The predicted molar refractivity (Wildman–Crippen MR) is 115 cm³/mol. The predicted octanol–water partition coefficient (Wildman–Crippen LogP) is 2.93. The molecule has 1 fully saturated rings. The van der Waals surface area contributed by atoms with Crippen LogP contribution >= 0.6 is 12.6 Å². The van der Waals surface area contributed by atoms with Gasteiger partial charge in [-0.05, 0) is 11.1 Å². The van der Waals surface area contributed by atoms with Crippen molar-refractivity contribution in [1.82, 2.24) is 9.80 Å². The monoisotopic (exact) mass is 390 g/mol. The van der Waals surface area contributed by atoms with Crippen LogP contribution in [0.5, 0.6) is 0 Å². The Morgan fingerprint density at radius 3 is 2.22 bits per heavy atom. The lowest BCUT2D eigenvalue weighted by atomic mass is 10.1. The van der Waals surface area contributed by atoms with Crippen molar-refractivity contribution in [1.29, 1.82) is 0 Å². The van der Waals surface area contributed by atoms with Gasteiger partial charge in [-0.15, -0.1) is 0 Å². The van der Waals surface area contributed by atoms with E-state index < -0.39 is 0 Å². The van der Waals surface area contributed by atoms with Crippen LogP contribution in [0.1, 0.15) is 25.0 Å². The molecule has 5 heteroatoms. The summed E-state index contributed by atoms with van der Waals surface area (Å²) >= 11 is 4.31. The number of hydrogen-bond donors (Lipinski definition) is 1. The summed E-state index contributed by atoms with van der Waals surface area (Å²) in [6.45, 7) is 13.2. The fourth-order valence-corrected chi connectivity index (χ4v) is 3.17. The van der Waals surface area contributed by atoms with Gasteiger partial charge in [0.15, 0.2) is 0 Å². The standard InChI is InChI=1S/C22H34N2O2S/c1-20(2)4-3-14-25-16-17-26-15-13-23-9-11-24(12-10-23)18-21-5-7-22(19-27)8-6-21/h5-8,20,27H,9-19H2,1-2H3. The molecule has 0 N–H and O–H groups in total. The van der Waals surface area contributed by atoms with E-state index >= 15 is 0 Å². The molecule has 1 saturated heterocycles. The highest BCUT2D eigenvalue weighted by atomic mass is 32.1. The van der Waals surface area contributed by atoms with E-state index in [0.29, 0.717) is 25.7 Å². The number of nitrogens with zero attached hydrogens (tertiary/aromatic N) is 2. The van der Waals surface area contributed by atoms with Gasteiger partial charge in [0.2, 0.25) is 0 Å². The van der Waals surface area contributed by atoms with Gasteiger partial charge in [-0.1, -0.05) is 50.0 Å². The minimum absolute atomic E-state index is 0.406. The minimum Gasteiger partial charge on any atom is -0.378 e. The molecule has 0 amide bonds. The molecule has 0 aromatic heterocycles. The molecular weight excluding hydrogens is 356 g/mol. The maximum absolute atomic E-state index is 5.67. The van der Waals surface area contributed by atoms with E-state index in [1.165, 1.54) is 11.1 Å². The average Bonchev–Trinajstić information content (AvgIpc) is 2.68. The van der Waals surface area contributed by atoms with Crippen LogP contribution in [0.3, 0.4) is 0 Å². The summed E-state index contributed by atoms with van der Waals surface area (Å²) in [6.07, 6.45) is 0. The third-order valence-electron chi connectivity index (χ3n) is 4.57. The second kappa shape index (κ2) is 13.2. The van der Waals surface area contributed by atoms with E-state index in [-0.39, 0.29) is 0 Å². The Hall–Kier alpha value is -1.03. The van der Waals surface area contributed by atoms with Gasteiger partial charge >= 0.3 is 0 Å². The molecular formula is C22H34N2O2S. The van der Waals surface area contributed by atoms with Crippen LogP contribution < -0.4 is 0 Å². The first-order valence-corrected chi connectivity index (χ1v) is 10.6. The van der Waals surface area contributed by atoms with Crippen molar-refractivity contribution in [2.24, 2.45) is 5.92 Å². The third-order valence-corrected chi connectivity index (χ3v) is 4.93.